The van der Waals surface area contributed by atoms with E-state index >= 15 is 0 Å². The quantitative estimate of drug-likeness (QED) is 0.130. The summed E-state index contributed by atoms with van der Waals surface area (Å²) >= 11 is 0. The summed E-state index contributed by atoms with van der Waals surface area (Å²) in [4.78, 5) is 2.14. The van der Waals surface area contributed by atoms with Gasteiger partial charge < -0.3 is 20.1 Å². The van der Waals surface area contributed by atoms with Gasteiger partial charge in [0.25, 0.3) is 0 Å². The lowest BCUT2D eigenvalue weighted by Crippen LogP contribution is -2.63. The molecule has 1 aliphatic heterocycles. The number of unbranched alkanes of at least 4 members (excludes halogenated alkanes) is 18. The van der Waals surface area contributed by atoms with Gasteiger partial charge >= 0.3 is 0 Å². The maximum atomic E-state index is 10.6. The van der Waals surface area contributed by atoms with Crippen molar-refractivity contribution in [2.45, 2.75) is 167 Å². The molecule has 0 radical (unpaired) electrons. The number of aliphatic hydroxyl groups is 3. The van der Waals surface area contributed by atoms with Gasteiger partial charge in [-0.15, -0.1) is 0 Å². The van der Waals surface area contributed by atoms with Gasteiger partial charge in [-0.2, -0.15) is 0 Å². The summed E-state index contributed by atoms with van der Waals surface area (Å²) in [5, 5.41) is 31.0. The molecule has 0 amide bonds. The topological polar surface area (TPSA) is 73.2 Å². The number of rotatable bonds is 24. The first-order valence-electron chi connectivity index (χ1n) is 15.5. The summed E-state index contributed by atoms with van der Waals surface area (Å²) in [6.45, 7) is 6.48. The molecule has 3 N–H and O–H groups in total. The van der Waals surface area contributed by atoms with Crippen LogP contribution in [-0.4, -0.2) is 70.9 Å². The van der Waals surface area contributed by atoms with Crippen LogP contribution >= 0.6 is 0 Å². The molecule has 1 heterocycles. The molecule has 0 saturated carbocycles. The van der Waals surface area contributed by atoms with E-state index in [0.29, 0.717) is 13.2 Å². The Labute approximate surface area is 218 Å². The normalized spacial score (nSPS) is 23.2. The lowest BCUT2D eigenvalue weighted by molar-refractivity contribution is -0.163. The SMILES string of the molecule is CCCCCCCCCCCCO[C@H]1CN(CCCCCCCCCCCC)[C@H](CO)[C@@H](O)[C@@H]1O. The van der Waals surface area contributed by atoms with E-state index in [1.807, 2.05) is 0 Å². The van der Waals surface area contributed by atoms with Crippen LogP contribution in [0.5, 0.6) is 0 Å². The average Bonchev–Trinajstić information content (AvgIpc) is 2.86. The Morgan fingerprint density at radius 2 is 1.03 bits per heavy atom. The second-order valence-electron chi connectivity index (χ2n) is 11.0. The number of piperidine rings is 1. The highest BCUT2D eigenvalue weighted by Gasteiger charge is 2.41. The van der Waals surface area contributed by atoms with E-state index in [1.54, 1.807) is 0 Å². The second kappa shape index (κ2) is 23.0. The number of aliphatic hydroxyl groups excluding tert-OH is 3. The summed E-state index contributed by atoms with van der Waals surface area (Å²) in [6, 6.07) is -0.388. The highest BCUT2D eigenvalue weighted by atomic mass is 16.5. The van der Waals surface area contributed by atoms with Crippen molar-refractivity contribution in [3.8, 4) is 0 Å². The van der Waals surface area contributed by atoms with Crippen LogP contribution in [0.1, 0.15) is 142 Å². The molecule has 1 fully saturated rings. The number of nitrogens with zero attached hydrogens (tertiary/aromatic N) is 1. The van der Waals surface area contributed by atoms with Crippen LogP contribution in [-0.2, 0) is 4.74 Å². The van der Waals surface area contributed by atoms with E-state index in [1.165, 1.54) is 116 Å². The summed E-state index contributed by atoms with van der Waals surface area (Å²) < 4.78 is 6.03. The van der Waals surface area contributed by atoms with Crippen LogP contribution in [0.4, 0.5) is 0 Å². The first-order chi connectivity index (χ1) is 17.2. The van der Waals surface area contributed by atoms with Crippen LogP contribution in [0.15, 0.2) is 0 Å². The predicted molar refractivity (Wildman–Crippen MR) is 148 cm³/mol. The van der Waals surface area contributed by atoms with Crippen molar-refractivity contribution in [2.75, 3.05) is 26.3 Å². The zero-order valence-electron chi connectivity index (χ0n) is 23.5. The fourth-order valence-corrected chi connectivity index (χ4v) is 5.40. The van der Waals surface area contributed by atoms with Crippen molar-refractivity contribution in [3.05, 3.63) is 0 Å². The summed E-state index contributed by atoms with van der Waals surface area (Å²) in [6.07, 6.45) is 23.6. The molecule has 4 atom stereocenters. The molecule has 0 aliphatic carbocycles. The van der Waals surface area contributed by atoms with Gasteiger partial charge in [0, 0.05) is 13.2 Å². The molecular formula is C30H61NO4. The van der Waals surface area contributed by atoms with Crippen LogP contribution in [0.3, 0.4) is 0 Å². The van der Waals surface area contributed by atoms with Crippen molar-refractivity contribution in [2.24, 2.45) is 0 Å². The molecule has 5 heteroatoms. The van der Waals surface area contributed by atoms with Gasteiger partial charge in [0.15, 0.2) is 0 Å². The zero-order chi connectivity index (χ0) is 25.6. The Morgan fingerprint density at radius 3 is 1.49 bits per heavy atom. The van der Waals surface area contributed by atoms with E-state index in [-0.39, 0.29) is 18.8 Å². The molecule has 0 aromatic rings. The summed E-state index contributed by atoms with van der Waals surface area (Å²) in [7, 11) is 0. The van der Waals surface area contributed by atoms with Gasteiger partial charge in [0.2, 0.25) is 0 Å². The van der Waals surface area contributed by atoms with Gasteiger partial charge in [-0.3, -0.25) is 4.90 Å². The molecule has 0 unspecified atom stereocenters. The fraction of sp³-hybridized carbons (Fsp3) is 1.00. The third-order valence-electron chi connectivity index (χ3n) is 7.82. The summed E-state index contributed by atoms with van der Waals surface area (Å²) in [5.41, 5.74) is 0. The summed E-state index contributed by atoms with van der Waals surface area (Å²) in [5.74, 6) is 0. The molecule has 210 valence electrons. The molecule has 35 heavy (non-hydrogen) atoms. The third kappa shape index (κ3) is 15.6. The highest BCUT2D eigenvalue weighted by molar-refractivity contribution is 4.95. The van der Waals surface area contributed by atoms with E-state index in [9.17, 15) is 15.3 Å². The van der Waals surface area contributed by atoms with E-state index < -0.39 is 12.2 Å². The Kier molecular flexibility index (Phi) is 21.5. The number of hydrogen-bond donors (Lipinski definition) is 3. The second-order valence-corrected chi connectivity index (χ2v) is 11.0. The molecule has 0 aromatic heterocycles. The smallest absolute Gasteiger partial charge is 0.109 e. The van der Waals surface area contributed by atoms with Crippen LogP contribution in [0, 0.1) is 0 Å². The molecule has 0 spiro atoms. The van der Waals surface area contributed by atoms with Crippen LogP contribution in [0.25, 0.3) is 0 Å². The first-order valence-corrected chi connectivity index (χ1v) is 15.5. The first kappa shape index (κ1) is 32.8. The molecule has 0 aromatic carbocycles. The highest BCUT2D eigenvalue weighted by Crippen LogP contribution is 2.22. The van der Waals surface area contributed by atoms with Crippen molar-refractivity contribution >= 4 is 0 Å². The Balaban J connectivity index is 2.16. The molecular weight excluding hydrogens is 438 g/mol. The largest absolute Gasteiger partial charge is 0.395 e. The van der Waals surface area contributed by atoms with E-state index in [2.05, 4.69) is 18.7 Å². The number of ether oxygens (including phenoxy) is 1. The maximum absolute atomic E-state index is 10.6. The fourth-order valence-electron chi connectivity index (χ4n) is 5.40. The lowest BCUT2D eigenvalue weighted by atomic mass is 9.93. The Bertz CT molecular complexity index is 450. The van der Waals surface area contributed by atoms with Crippen LogP contribution < -0.4 is 0 Å². The monoisotopic (exact) mass is 499 g/mol. The minimum atomic E-state index is -0.949. The molecule has 5 nitrogen and oxygen atoms in total. The van der Waals surface area contributed by atoms with Gasteiger partial charge in [0.1, 0.15) is 12.2 Å². The number of hydrogen-bond acceptors (Lipinski definition) is 5. The standard InChI is InChI=1S/C30H61NO4/c1-3-5-7-9-11-13-15-17-19-21-23-31-25-28(30(34)29(33)27(31)26-32)35-24-22-20-18-16-14-12-10-8-6-4-2/h27-30,32-34H,3-26H2,1-2H3/t27-,28+,29-,30-/m1/s1. The van der Waals surface area contributed by atoms with Crippen molar-refractivity contribution in [3.63, 3.8) is 0 Å². The Hall–Kier alpha value is -0.200. The van der Waals surface area contributed by atoms with Gasteiger partial charge in [0.05, 0.1) is 18.8 Å². The van der Waals surface area contributed by atoms with E-state index in [4.69, 9.17) is 4.74 Å². The zero-order valence-corrected chi connectivity index (χ0v) is 23.5. The molecule has 1 saturated heterocycles. The van der Waals surface area contributed by atoms with Crippen molar-refractivity contribution in [1.82, 2.24) is 4.90 Å². The maximum Gasteiger partial charge on any atom is 0.109 e. The molecule has 0 bridgehead atoms. The van der Waals surface area contributed by atoms with Gasteiger partial charge in [-0.25, -0.2) is 0 Å². The van der Waals surface area contributed by atoms with Crippen molar-refractivity contribution < 1.29 is 20.1 Å². The van der Waals surface area contributed by atoms with Crippen molar-refractivity contribution in [1.29, 1.82) is 0 Å². The average molecular weight is 500 g/mol. The predicted octanol–water partition coefficient (Wildman–Crippen LogP) is 6.61. The minimum Gasteiger partial charge on any atom is -0.395 e. The molecule has 1 aliphatic rings. The van der Waals surface area contributed by atoms with Gasteiger partial charge in [-0.1, -0.05) is 129 Å². The Morgan fingerprint density at radius 1 is 0.600 bits per heavy atom. The number of likely N-dealkylation sites (tertiary alicyclic amines) is 1. The minimum absolute atomic E-state index is 0.124. The lowest BCUT2D eigenvalue weighted by Gasteiger charge is -2.44. The van der Waals surface area contributed by atoms with E-state index in [0.717, 1.165) is 19.4 Å². The van der Waals surface area contributed by atoms with Crippen LogP contribution in [0.2, 0.25) is 0 Å². The third-order valence-corrected chi connectivity index (χ3v) is 7.82. The molecule has 1 rings (SSSR count). The van der Waals surface area contributed by atoms with Gasteiger partial charge in [-0.05, 0) is 19.4 Å².